The summed E-state index contributed by atoms with van der Waals surface area (Å²) in [4.78, 5) is 26.9. The van der Waals surface area contributed by atoms with Crippen molar-refractivity contribution < 1.29 is 9.59 Å². The third-order valence-electron chi connectivity index (χ3n) is 4.97. The predicted octanol–water partition coefficient (Wildman–Crippen LogP) is 3.17. The van der Waals surface area contributed by atoms with Crippen LogP contribution < -0.4 is 5.32 Å². The molecule has 1 saturated heterocycles. The highest BCUT2D eigenvalue weighted by atomic mass is 35.5. The van der Waals surface area contributed by atoms with E-state index in [9.17, 15) is 9.59 Å². The van der Waals surface area contributed by atoms with Crippen LogP contribution >= 0.6 is 23.3 Å². The lowest BCUT2D eigenvalue weighted by Crippen LogP contribution is -2.35. The zero-order valence-corrected chi connectivity index (χ0v) is 16.7. The van der Waals surface area contributed by atoms with Crippen LogP contribution in [0.15, 0.2) is 42.5 Å². The van der Waals surface area contributed by atoms with Gasteiger partial charge in [0.15, 0.2) is 0 Å². The van der Waals surface area contributed by atoms with Gasteiger partial charge in [0.2, 0.25) is 5.91 Å². The Morgan fingerprint density at radius 3 is 2.75 bits per heavy atom. The maximum atomic E-state index is 12.7. The van der Waals surface area contributed by atoms with Crippen LogP contribution in [-0.4, -0.2) is 45.1 Å². The molecular weight excluding hydrogens is 396 g/mol. The van der Waals surface area contributed by atoms with E-state index in [1.54, 1.807) is 17.0 Å². The van der Waals surface area contributed by atoms with Gasteiger partial charge in [-0.25, -0.2) is 0 Å². The average Bonchev–Trinajstić information content (AvgIpc) is 3.38. The molecule has 2 heterocycles. The van der Waals surface area contributed by atoms with Crippen LogP contribution in [0, 0.1) is 5.92 Å². The first-order valence-electron chi connectivity index (χ1n) is 9.14. The molecule has 144 valence electrons. The number of hydrogen-bond acceptors (Lipinski definition) is 5. The standard InChI is InChI=1S/C20H19ClN4O2S/c21-16-4-1-13(2-5-16)7-9-22-19(26)15-8-10-25(12-15)20(27)14-3-6-17-18(11-14)24-28-23-17/h1-6,11,15H,7-10,12H2,(H,22,26). The lowest BCUT2D eigenvalue weighted by atomic mass is 10.1. The maximum absolute atomic E-state index is 12.7. The van der Waals surface area contributed by atoms with Crippen LogP contribution in [0.1, 0.15) is 22.3 Å². The fraction of sp³-hybridized carbons (Fsp3) is 0.300. The molecule has 1 fully saturated rings. The van der Waals surface area contributed by atoms with E-state index >= 15 is 0 Å². The minimum Gasteiger partial charge on any atom is -0.355 e. The van der Waals surface area contributed by atoms with E-state index in [1.807, 2.05) is 30.3 Å². The van der Waals surface area contributed by atoms with Gasteiger partial charge in [0, 0.05) is 30.2 Å². The summed E-state index contributed by atoms with van der Waals surface area (Å²) in [6.45, 7) is 1.60. The first-order chi connectivity index (χ1) is 13.6. The fourth-order valence-corrected chi connectivity index (χ4v) is 4.03. The highest BCUT2D eigenvalue weighted by Gasteiger charge is 2.31. The number of fused-ring (bicyclic) bond motifs is 1. The summed E-state index contributed by atoms with van der Waals surface area (Å²) in [6.07, 6.45) is 1.43. The molecule has 4 rings (SSSR count). The molecule has 2 aromatic carbocycles. The number of nitrogens with one attached hydrogen (secondary N) is 1. The summed E-state index contributed by atoms with van der Waals surface area (Å²) < 4.78 is 8.34. The summed E-state index contributed by atoms with van der Waals surface area (Å²) in [7, 11) is 0. The van der Waals surface area contributed by atoms with Gasteiger partial charge in [-0.3, -0.25) is 9.59 Å². The second-order valence-corrected chi connectivity index (χ2v) is 7.84. The van der Waals surface area contributed by atoms with Gasteiger partial charge < -0.3 is 10.2 Å². The van der Waals surface area contributed by atoms with Crippen LogP contribution in [0.5, 0.6) is 0 Å². The molecule has 0 bridgehead atoms. The van der Waals surface area contributed by atoms with Gasteiger partial charge in [0.25, 0.3) is 5.91 Å². The molecule has 1 aromatic heterocycles. The Kier molecular flexibility index (Phi) is 5.54. The molecule has 1 unspecified atom stereocenters. The Morgan fingerprint density at radius 2 is 1.93 bits per heavy atom. The molecule has 0 spiro atoms. The Labute approximate surface area is 171 Å². The van der Waals surface area contributed by atoms with E-state index in [1.165, 1.54) is 0 Å². The first kappa shape index (κ1) is 18.8. The molecule has 6 nitrogen and oxygen atoms in total. The molecule has 28 heavy (non-hydrogen) atoms. The van der Waals surface area contributed by atoms with E-state index in [0.717, 1.165) is 34.7 Å². The van der Waals surface area contributed by atoms with E-state index in [-0.39, 0.29) is 17.7 Å². The number of carbonyl (C=O) groups is 2. The van der Waals surface area contributed by atoms with Crippen LogP contribution in [0.25, 0.3) is 11.0 Å². The fourth-order valence-electron chi connectivity index (χ4n) is 3.38. The number of benzene rings is 2. The maximum Gasteiger partial charge on any atom is 0.253 e. The van der Waals surface area contributed by atoms with Crippen LogP contribution in [0.3, 0.4) is 0 Å². The number of rotatable bonds is 5. The molecule has 0 saturated carbocycles. The first-order valence-corrected chi connectivity index (χ1v) is 10.2. The van der Waals surface area contributed by atoms with Gasteiger partial charge in [0.05, 0.1) is 17.6 Å². The lowest BCUT2D eigenvalue weighted by molar-refractivity contribution is -0.124. The zero-order valence-electron chi connectivity index (χ0n) is 15.1. The van der Waals surface area contributed by atoms with Crippen molar-refractivity contribution in [2.75, 3.05) is 19.6 Å². The zero-order chi connectivity index (χ0) is 19.5. The minimum absolute atomic E-state index is 0.00316. The SMILES string of the molecule is O=C(NCCc1ccc(Cl)cc1)C1CCN(C(=O)c2ccc3nsnc3c2)C1. The molecule has 1 aliphatic heterocycles. The van der Waals surface area contributed by atoms with Gasteiger partial charge >= 0.3 is 0 Å². The van der Waals surface area contributed by atoms with Crippen molar-refractivity contribution in [3.8, 4) is 0 Å². The summed E-state index contributed by atoms with van der Waals surface area (Å²) >= 11 is 7.01. The normalized spacial score (nSPS) is 16.5. The summed E-state index contributed by atoms with van der Waals surface area (Å²) in [6, 6.07) is 12.9. The van der Waals surface area contributed by atoms with Crippen molar-refractivity contribution in [2.45, 2.75) is 12.8 Å². The topological polar surface area (TPSA) is 75.2 Å². The molecule has 3 aromatic rings. The quantitative estimate of drug-likeness (QED) is 0.695. The Hall–Kier alpha value is -2.51. The number of aromatic nitrogens is 2. The number of hydrogen-bond donors (Lipinski definition) is 1. The molecule has 0 radical (unpaired) electrons. The van der Waals surface area contributed by atoms with E-state index < -0.39 is 0 Å². The monoisotopic (exact) mass is 414 g/mol. The van der Waals surface area contributed by atoms with Crippen molar-refractivity contribution in [1.82, 2.24) is 19.0 Å². The predicted molar refractivity (Wildman–Crippen MR) is 110 cm³/mol. The third-order valence-corrected chi connectivity index (χ3v) is 5.78. The third kappa shape index (κ3) is 4.15. The molecule has 1 N–H and O–H groups in total. The summed E-state index contributed by atoms with van der Waals surface area (Å²) in [5.74, 6) is -0.228. The second kappa shape index (κ2) is 8.24. The van der Waals surface area contributed by atoms with E-state index in [0.29, 0.717) is 36.6 Å². The highest BCUT2D eigenvalue weighted by Crippen LogP contribution is 2.21. The van der Waals surface area contributed by atoms with Crippen molar-refractivity contribution >= 4 is 46.2 Å². The Bertz CT molecular complexity index is 1000. The largest absolute Gasteiger partial charge is 0.355 e. The molecule has 2 amide bonds. The minimum atomic E-state index is -0.168. The van der Waals surface area contributed by atoms with Gasteiger partial charge in [-0.2, -0.15) is 8.75 Å². The van der Waals surface area contributed by atoms with Gasteiger partial charge in [-0.05, 0) is 48.7 Å². The summed E-state index contributed by atoms with van der Waals surface area (Å²) in [5, 5.41) is 3.68. The van der Waals surface area contributed by atoms with Gasteiger partial charge in [-0.15, -0.1) is 0 Å². The van der Waals surface area contributed by atoms with Crippen LogP contribution in [-0.2, 0) is 11.2 Å². The Balaban J connectivity index is 1.29. The molecule has 1 aliphatic rings. The molecule has 8 heteroatoms. The number of likely N-dealkylation sites (tertiary alicyclic amines) is 1. The Morgan fingerprint density at radius 1 is 1.14 bits per heavy atom. The molecular formula is C20H19ClN4O2S. The average molecular weight is 415 g/mol. The number of nitrogens with zero attached hydrogens (tertiary/aromatic N) is 3. The second-order valence-electron chi connectivity index (χ2n) is 6.87. The van der Waals surface area contributed by atoms with Crippen molar-refractivity contribution in [3.05, 3.63) is 58.6 Å². The van der Waals surface area contributed by atoms with Gasteiger partial charge in [0.1, 0.15) is 11.0 Å². The lowest BCUT2D eigenvalue weighted by Gasteiger charge is -2.16. The van der Waals surface area contributed by atoms with Crippen LogP contribution in [0.2, 0.25) is 5.02 Å². The molecule has 0 aliphatic carbocycles. The number of amides is 2. The number of halogens is 1. The smallest absolute Gasteiger partial charge is 0.253 e. The molecule has 1 atom stereocenters. The summed E-state index contributed by atoms with van der Waals surface area (Å²) in [5.41, 5.74) is 3.23. The van der Waals surface area contributed by atoms with Crippen LogP contribution in [0.4, 0.5) is 0 Å². The van der Waals surface area contributed by atoms with Crippen molar-refractivity contribution in [2.24, 2.45) is 5.92 Å². The van der Waals surface area contributed by atoms with Crippen molar-refractivity contribution in [1.29, 1.82) is 0 Å². The highest BCUT2D eigenvalue weighted by molar-refractivity contribution is 7.00. The van der Waals surface area contributed by atoms with E-state index in [4.69, 9.17) is 11.6 Å². The van der Waals surface area contributed by atoms with Crippen molar-refractivity contribution in [3.63, 3.8) is 0 Å². The van der Waals surface area contributed by atoms with E-state index in [2.05, 4.69) is 14.1 Å². The number of carbonyl (C=O) groups excluding carboxylic acids is 2. The van der Waals surface area contributed by atoms with Gasteiger partial charge in [-0.1, -0.05) is 23.7 Å².